The Balaban J connectivity index is 1.80. The first-order valence-corrected chi connectivity index (χ1v) is 8.18. The number of benzene rings is 1. The van der Waals surface area contributed by atoms with Gasteiger partial charge in [0.15, 0.2) is 17.5 Å². The maximum Gasteiger partial charge on any atom is 0.243 e. The molecule has 0 spiro atoms. The standard InChI is InChI=1S/C17H22F3N3O2/c1-10-5-11(2)8-23(7-10)9-15(25)21-6-14(24)22-13-4-3-12(18)16(19)17(13)20/h3-4,10-11H,5-9H2,1-2H3,(H,21,25)(H,22,24)/t10-,11+. The lowest BCUT2D eigenvalue weighted by molar-refractivity contribution is -0.125. The molecule has 0 unspecified atom stereocenters. The van der Waals surface area contributed by atoms with E-state index in [0.717, 1.165) is 25.6 Å². The molecule has 138 valence electrons. The molecule has 8 heteroatoms. The van der Waals surface area contributed by atoms with Gasteiger partial charge in [0.25, 0.3) is 0 Å². The van der Waals surface area contributed by atoms with Crippen LogP contribution in [-0.4, -0.2) is 42.9 Å². The third-order valence-corrected chi connectivity index (χ3v) is 4.07. The van der Waals surface area contributed by atoms with Crippen LogP contribution >= 0.6 is 0 Å². The normalized spacial score (nSPS) is 21.0. The molecule has 2 amide bonds. The third kappa shape index (κ3) is 5.45. The highest BCUT2D eigenvalue weighted by Crippen LogP contribution is 2.21. The Kier molecular flexibility index (Phi) is 6.41. The number of nitrogens with one attached hydrogen (secondary N) is 2. The predicted octanol–water partition coefficient (Wildman–Crippen LogP) is 2.14. The summed E-state index contributed by atoms with van der Waals surface area (Å²) in [6.07, 6.45) is 1.13. The number of carbonyl (C=O) groups is 2. The SMILES string of the molecule is C[C@@H]1C[C@H](C)CN(CC(=O)NCC(=O)Nc2ccc(F)c(F)c2F)C1. The van der Waals surface area contributed by atoms with E-state index in [9.17, 15) is 22.8 Å². The lowest BCUT2D eigenvalue weighted by Crippen LogP contribution is -2.45. The van der Waals surface area contributed by atoms with Gasteiger partial charge in [-0.25, -0.2) is 13.2 Å². The smallest absolute Gasteiger partial charge is 0.243 e. The highest BCUT2D eigenvalue weighted by atomic mass is 19.2. The first-order chi connectivity index (χ1) is 11.8. The summed E-state index contributed by atoms with van der Waals surface area (Å²) >= 11 is 0. The average Bonchev–Trinajstić information content (AvgIpc) is 2.52. The van der Waals surface area contributed by atoms with Crippen LogP contribution in [0.1, 0.15) is 20.3 Å². The number of hydrogen-bond acceptors (Lipinski definition) is 3. The molecule has 25 heavy (non-hydrogen) atoms. The van der Waals surface area contributed by atoms with Gasteiger partial charge in [-0.3, -0.25) is 14.5 Å². The Bertz CT molecular complexity index is 644. The second kappa shape index (κ2) is 8.33. The van der Waals surface area contributed by atoms with Gasteiger partial charge in [0.2, 0.25) is 11.8 Å². The summed E-state index contributed by atoms with van der Waals surface area (Å²) in [6.45, 7) is 5.71. The number of likely N-dealkylation sites (tertiary alicyclic amines) is 1. The minimum Gasteiger partial charge on any atom is -0.346 e. The molecule has 1 fully saturated rings. The average molecular weight is 357 g/mol. The van der Waals surface area contributed by atoms with E-state index in [2.05, 4.69) is 24.5 Å². The van der Waals surface area contributed by atoms with Crippen molar-refractivity contribution in [3.05, 3.63) is 29.6 Å². The molecule has 1 aliphatic rings. The molecule has 1 aliphatic heterocycles. The number of anilines is 1. The van der Waals surface area contributed by atoms with Crippen molar-refractivity contribution in [2.75, 3.05) is 31.5 Å². The van der Waals surface area contributed by atoms with Crippen molar-refractivity contribution in [1.82, 2.24) is 10.2 Å². The quantitative estimate of drug-likeness (QED) is 0.794. The molecule has 5 nitrogen and oxygen atoms in total. The fourth-order valence-electron chi connectivity index (χ4n) is 3.18. The minimum absolute atomic E-state index is 0.182. The van der Waals surface area contributed by atoms with Crippen LogP contribution in [0.2, 0.25) is 0 Å². The summed E-state index contributed by atoms with van der Waals surface area (Å²) < 4.78 is 39.4. The number of piperidine rings is 1. The minimum atomic E-state index is -1.66. The van der Waals surface area contributed by atoms with E-state index in [1.165, 1.54) is 0 Å². The molecule has 0 bridgehead atoms. The Morgan fingerprint density at radius 3 is 2.36 bits per heavy atom. The summed E-state index contributed by atoms with van der Waals surface area (Å²) in [6, 6.07) is 1.63. The number of halogens is 3. The van der Waals surface area contributed by atoms with Gasteiger partial charge < -0.3 is 10.6 Å². The van der Waals surface area contributed by atoms with E-state index in [0.29, 0.717) is 17.9 Å². The Hall–Kier alpha value is -2.09. The van der Waals surface area contributed by atoms with Gasteiger partial charge in [0.1, 0.15) is 0 Å². The molecule has 1 aromatic carbocycles. The lowest BCUT2D eigenvalue weighted by Gasteiger charge is -2.34. The summed E-state index contributed by atoms with van der Waals surface area (Å²) in [5, 5.41) is 4.54. The summed E-state index contributed by atoms with van der Waals surface area (Å²) in [5.74, 6) is -4.49. The van der Waals surface area contributed by atoms with Crippen LogP contribution in [0.5, 0.6) is 0 Å². The molecule has 0 radical (unpaired) electrons. The maximum absolute atomic E-state index is 13.5. The molecule has 2 rings (SSSR count). The fraction of sp³-hybridized carbons (Fsp3) is 0.529. The van der Waals surface area contributed by atoms with E-state index in [1.54, 1.807) is 0 Å². The second-order valence-corrected chi connectivity index (χ2v) is 6.69. The molecule has 1 saturated heterocycles. The molecule has 0 saturated carbocycles. The summed E-state index contributed by atoms with van der Waals surface area (Å²) in [4.78, 5) is 25.7. The van der Waals surface area contributed by atoms with Crippen LogP contribution in [-0.2, 0) is 9.59 Å². The lowest BCUT2D eigenvalue weighted by atomic mass is 9.92. The third-order valence-electron chi connectivity index (χ3n) is 4.07. The summed E-state index contributed by atoms with van der Waals surface area (Å²) in [5.41, 5.74) is -0.475. The first kappa shape index (κ1) is 19.2. The molecule has 1 aromatic rings. The molecular formula is C17H22F3N3O2. The van der Waals surface area contributed by atoms with E-state index < -0.39 is 29.0 Å². The van der Waals surface area contributed by atoms with Crippen molar-refractivity contribution in [1.29, 1.82) is 0 Å². The van der Waals surface area contributed by atoms with Crippen molar-refractivity contribution in [2.24, 2.45) is 11.8 Å². The topological polar surface area (TPSA) is 61.4 Å². The van der Waals surface area contributed by atoms with Gasteiger partial charge in [-0.05, 0) is 30.4 Å². The highest BCUT2D eigenvalue weighted by molar-refractivity contribution is 5.94. The fourth-order valence-corrected chi connectivity index (χ4v) is 3.18. The first-order valence-electron chi connectivity index (χ1n) is 8.18. The second-order valence-electron chi connectivity index (χ2n) is 6.69. The van der Waals surface area contributed by atoms with Gasteiger partial charge in [-0.15, -0.1) is 0 Å². The molecule has 0 aromatic heterocycles. The van der Waals surface area contributed by atoms with Crippen LogP contribution in [0.3, 0.4) is 0 Å². The number of amides is 2. The molecule has 0 aliphatic carbocycles. The molecule has 1 heterocycles. The monoisotopic (exact) mass is 357 g/mol. The van der Waals surface area contributed by atoms with Gasteiger partial charge >= 0.3 is 0 Å². The number of carbonyl (C=O) groups excluding carboxylic acids is 2. The van der Waals surface area contributed by atoms with Gasteiger partial charge in [-0.2, -0.15) is 0 Å². The van der Waals surface area contributed by atoms with Crippen molar-refractivity contribution in [3.63, 3.8) is 0 Å². The van der Waals surface area contributed by atoms with E-state index >= 15 is 0 Å². The van der Waals surface area contributed by atoms with Crippen LogP contribution < -0.4 is 10.6 Å². The number of nitrogens with zero attached hydrogens (tertiary/aromatic N) is 1. The molecule has 2 N–H and O–H groups in total. The molecule has 2 atom stereocenters. The van der Waals surface area contributed by atoms with Crippen LogP contribution in [0.15, 0.2) is 12.1 Å². The van der Waals surface area contributed by atoms with Crippen LogP contribution in [0.25, 0.3) is 0 Å². The zero-order valence-corrected chi connectivity index (χ0v) is 14.2. The Morgan fingerprint density at radius 2 is 1.72 bits per heavy atom. The molecular weight excluding hydrogens is 335 g/mol. The van der Waals surface area contributed by atoms with Crippen LogP contribution in [0, 0.1) is 29.3 Å². The maximum atomic E-state index is 13.5. The summed E-state index contributed by atoms with van der Waals surface area (Å²) in [7, 11) is 0. The largest absolute Gasteiger partial charge is 0.346 e. The van der Waals surface area contributed by atoms with Gasteiger partial charge in [0, 0.05) is 13.1 Å². The Labute approximate surface area is 144 Å². The Morgan fingerprint density at radius 1 is 1.08 bits per heavy atom. The van der Waals surface area contributed by atoms with Crippen molar-refractivity contribution in [2.45, 2.75) is 20.3 Å². The van der Waals surface area contributed by atoms with E-state index in [1.807, 2.05) is 4.90 Å². The van der Waals surface area contributed by atoms with Crippen molar-refractivity contribution in [3.8, 4) is 0 Å². The van der Waals surface area contributed by atoms with Gasteiger partial charge in [0.05, 0.1) is 18.8 Å². The highest BCUT2D eigenvalue weighted by Gasteiger charge is 2.23. The number of hydrogen-bond donors (Lipinski definition) is 2. The zero-order chi connectivity index (χ0) is 18.6. The number of rotatable bonds is 5. The van der Waals surface area contributed by atoms with Gasteiger partial charge in [-0.1, -0.05) is 13.8 Å². The van der Waals surface area contributed by atoms with Crippen LogP contribution in [0.4, 0.5) is 18.9 Å². The van der Waals surface area contributed by atoms with Crippen molar-refractivity contribution < 1.29 is 22.8 Å². The predicted molar refractivity (Wildman–Crippen MR) is 87.3 cm³/mol. The van der Waals surface area contributed by atoms with Crippen molar-refractivity contribution >= 4 is 17.5 Å². The van der Waals surface area contributed by atoms with E-state index in [4.69, 9.17) is 0 Å². The zero-order valence-electron chi connectivity index (χ0n) is 14.2. The van der Waals surface area contributed by atoms with E-state index in [-0.39, 0.29) is 19.0 Å².